The molecule has 6 heteroatoms. The standard InChI is InChI=1S/C9H9N3OS2/c1-2-12-6(3-4-10-12)5-7-8(13)11-9(14)15-7/h3-5H,2H2,1H3,(H,11,13,14). The Morgan fingerprint density at radius 1 is 1.73 bits per heavy atom. The van der Waals surface area contributed by atoms with Gasteiger partial charge in [0.15, 0.2) is 0 Å². The Morgan fingerprint density at radius 3 is 3.13 bits per heavy atom. The van der Waals surface area contributed by atoms with Gasteiger partial charge in [0, 0.05) is 12.7 Å². The zero-order chi connectivity index (χ0) is 10.8. The summed E-state index contributed by atoms with van der Waals surface area (Å²) in [4.78, 5) is 12.0. The summed E-state index contributed by atoms with van der Waals surface area (Å²) in [5.41, 5.74) is 0.917. The molecule has 1 saturated heterocycles. The second-order valence-electron chi connectivity index (χ2n) is 2.92. The molecule has 1 aromatic heterocycles. The van der Waals surface area contributed by atoms with Crippen molar-refractivity contribution in [1.82, 2.24) is 15.1 Å². The number of hydrogen-bond acceptors (Lipinski definition) is 4. The van der Waals surface area contributed by atoms with Crippen molar-refractivity contribution in [2.24, 2.45) is 0 Å². The zero-order valence-electron chi connectivity index (χ0n) is 8.06. The van der Waals surface area contributed by atoms with Crippen LogP contribution in [0.25, 0.3) is 6.08 Å². The van der Waals surface area contributed by atoms with Gasteiger partial charge in [-0.05, 0) is 19.1 Å². The first-order valence-electron chi connectivity index (χ1n) is 4.47. The highest BCUT2D eigenvalue weighted by molar-refractivity contribution is 8.26. The average molecular weight is 239 g/mol. The molecule has 1 fully saturated rings. The number of rotatable bonds is 2. The third-order valence-electron chi connectivity index (χ3n) is 1.97. The molecule has 1 aliphatic heterocycles. The van der Waals surface area contributed by atoms with Crippen LogP contribution in [0.4, 0.5) is 0 Å². The largest absolute Gasteiger partial charge is 0.307 e. The van der Waals surface area contributed by atoms with Crippen molar-refractivity contribution in [3.8, 4) is 0 Å². The Kier molecular flexibility index (Phi) is 2.88. The summed E-state index contributed by atoms with van der Waals surface area (Å²) >= 11 is 6.18. The van der Waals surface area contributed by atoms with Gasteiger partial charge in [0.05, 0.1) is 10.6 Å². The van der Waals surface area contributed by atoms with Gasteiger partial charge in [-0.3, -0.25) is 9.48 Å². The number of nitrogens with one attached hydrogen (secondary N) is 1. The lowest BCUT2D eigenvalue weighted by molar-refractivity contribution is -0.115. The van der Waals surface area contributed by atoms with Crippen LogP contribution in [0.15, 0.2) is 17.2 Å². The molecular formula is C9H9N3OS2. The van der Waals surface area contributed by atoms with Gasteiger partial charge in [0.25, 0.3) is 5.91 Å². The lowest BCUT2D eigenvalue weighted by Gasteiger charge is -1.99. The van der Waals surface area contributed by atoms with E-state index >= 15 is 0 Å². The van der Waals surface area contributed by atoms with Crippen LogP contribution in [0.3, 0.4) is 0 Å². The van der Waals surface area contributed by atoms with Gasteiger partial charge in [0.1, 0.15) is 4.32 Å². The molecule has 0 aliphatic carbocycles. The van der Waals surface area contributed by atoms with Crippen molar-refractivity contribution in [1.29, 1.82) is 0 Å². The van der Waals surface area contributed by atoms with E-state index in [4.69, 9.17) is 12.2 Å². The van der Waals surface area contributed by atoms with Crippen molar-refractivity contribution in [2.45, 2.75) is 13.5 Å². The molecule has 1 aromatic rings. The third-order valence-corrected chi connectivity index (χ3v) is 3.13. The maximum Gasteiger partial charge on any atom is 0.263 e. The number of thiocarbonyl (C=S) groups is 1. The fraction of sp³-hybridized carbons (Fsp3) is 0.222. The predicted octanol–water partition coefficient (Wildman–Crippen LogP) is 1.39. The lowest BCUT2D eigenvalue weighted by Crippen LogP contribution is -2.17. The molecule has 1 aliphatic rings. The molecular weight excluding hydrogens is 230 g/mol. The number of carbonyl (C=O) groups excluding carboxylic acids is 1. The molecule has 2 rings (SSSR count). The molecule has 0 saturated carbocycles. The first-order valence-corrected chi connectivity index (χ1v) is 5.70. The van der Waals surface area contributed by atoms with E-state index in [0.29, 0.717) is 9.23 Å². The van der Waals surface area contributed by atoms with Gasteiger partial charge in [-0.1, -0.05) is 24.0 Å². The second-order valence-corrected chi connectivity index (χ2v) is 4.64. The summed E-state index contributed by atoms with van der Waals surface area (Å²) in [6.07, 6.45) is 3.52. The highest BCUT2D eigenvalue weighted by Crippen LogP contribution is 2.25. The monoisotopic (exact) mass is 239 g/mol. The third kappa shape index (κ3) is 2.10. The minimum atomic E-state index is -0.131. The molecule has 1 N–H and O–H groups in total. The number of nitrogens with zero attached hydrogens (tertiary/aromatic N) is 2. The normalized spacial score (nSPS) is 18.6. The first-order chi connectivity index (χ1) is 7.20. The van der Waals surface area contributed by atoms with Crippen LogP contribution in [0.1, 0.15) is 12.6 Å². The highest BCUT2D eigenvalue weighted by atomic mass is 32.2. The topological polar surface area (TPSA) is 46.9 Å². The molecule has 78 valence electrons. The average Bonchev–Trinajstić information content (AvgIpc) is 2.74. The Bertz CT molecular complexity index is 450. The molecule has 4 nitrogen and oxygen atoms in total. The van der Waals surface area contributed by atoms with Crippen LogP contribution >= 0.6 is 24.0 Å². The van der Waals surface area contributed by atoms with Gasteiger partial charge in [0.2, 0.25) is 0 Å². The Hall–Kier alpha value is -1.14. The summed E-state index contributed by atoms with van der Waals surface area (Å²) in [5.74, 6) is -0.131. The van der Waals surface area contributed by atoms with E-state index in [2.05, 4.69) is 10.4 Å². The van der Waals surface area contributed by atoms with Crippen molar-refractivity contribution >= 4 is 40.3 Å². The number of hydrogen-bond donors (Lipinski definition) is 1. The Labute approximate surface area is 96.7 Å². The number of aromatic nitrogens is 2. The van der Waals surface area contributed by atoms with Gasteiger partial charge in [-0.2, -0.15) is 5.10 Å². The number of thioether (sulfide) groups is 1. The first kappa shape index (κ1) is 10.4. The molecule has 15 heavy (non-hydrogen) atoms. The minimum absolute atomic E-state index is 0.131. The molecule has 1 amide bonds. The highest BCUT2D eigenvalue weighted by Gasteiger charge is 2.22. The van der Waals surface area contributed by atoms with Crippen molar-refractivity contribution in [2.75, 3.05) is 0 Å². The Morgan fingerprint density at radius 2 is 2.53 bits per heavy atom. The molecule has 0 atom stereocenters. The Balaban J connectivity index is 2.30. The number of amides is 1. The van der Waals surface area contributed by atoms with Gasteiger partial charge in [-0.25, -0.2) is 0 Å². The second kappa shape index (κ2) is 4.16. The van der Waals surface area contributed by atoms with Crippen LogP contribution in [-0.2, 0) is 11.3 Å². The fourth-order valence-electron chi connectivity index (χ4n) is 1.29. The van der Waals surface area contributed by atoms with Crippen LogP contribution in [0, 0.1) is 0 Å². The lowest BCUT2D eigenvalue weighted by atomic mass is 10.3. The summed E-state index contributed by atoms with van der Waals surface area (Å²) < 4.78 is 2.33. The fourth-order valence-corrected chi connectivity index (χ4v) is 2.31. The molecule has 0 spiro atoms. The van der Waals surface area contributed by atoms with E-state index in [1.807, 2.05) is 17.7 Å². The molecule has 0 radical (unpaired) electrons. The minimum Gasteiger partial charge on any atom is -0.307 e. The zero-order valence-corrected chi connectivity index (χ0v) is 9.69. The van der Waals surface area contributed by atoms with Crippen LogP contribution < -0.4 is 5.32 Å². The maximum absolute atomic E-state index is 11.4. The van der Waals surface area contributed by atoms with Gasteiger partial charge < -0.3 is 5.32 Å². The SMILES string of the molecule is CCn1nccc1C=C1SC(=S)NC1=O. The van der Waals surface area contributed by atoms with E-state index in [1.54, 1.807) is 12.3 Å². The van der Waals surface area contributed by atoms with E-state index < -0.39 is 0 Å². The summed E-state index contributed by atoms with van der Waals surface area (Å²) in [5, 5.41) is 6.69. The summed E-state index contributed by atoms with van der Waals surface area (Å²) in [6.45, 7) is 2.78. The predicted molar refractivity (Wildman–Crippen MR) is 64.2 cm³/mol. The summed E-state index contributed by atoms with van der Waals surface area (Å²) in [6, 6.07) is 1.87. The summed E-state index contributed by atoms with van der Waals surface area (Å²) in [7, 11) is 0. The van der Waals surface area contributed by atoms with E-state index in [-0.39, 0.29) is 5.91 Å². The van der Waals surface area contributed by atoms with E-state index in [0.717, 1.165) is 12.2 Å². The van der Waals surface area contributed by atoms with Crippen LogP contribution in [0.5, 0.6) is 0 Å². The van der Waals surface area contributed by atoms with Gasteiger partial charge in [-0.15, -0.1) is 0 Å². The maximum atomic E-state index is 11.4. The molecule has 0 bridgehead atoms. The number of carbonyl (C=O) groups is 1. The van der Waals surface area contributed by atoms with Crippen molar-refractivity contribution in [3.05, 3.63) is 22.9 Å². The molecule has 0 aromatic carbocycles. The van der Waals surface area contributed by atoms with Crippen LogP contribution in [0.2, 0.25) is 0 Å². The van der Waals surface area contributed by atoms with Crippen LogP contribution in [-0.4, -0.2) is 20.0 Å². The molecule has 2 heterocycles. The van der Waals surface area contributed by atoms with E-state index in [9.17, 15) is 4.79 Å². The quantitative estimate of drug-likeness (QED) is 0.626. The van der Waals surface area contributed by atoms with Crippen molar-refractivity contribution in [3.63, 3.8) is 0 Å². The van der Waals surface area contributed by atoms with Crippen molar-refractivity contribution < 1.29 is 4.79 Å². The number of aryl methyl sites for hydroxylation is 1. The van der Waals surface area contributed by atoms with E-state index in [1.165, 1.54) is 11.8 Å². The van der Waals surface area contributed by atoms with Gasteiger partial charge >= 0.3 is 0 Å². The molecule has 0 unspecified atom stereocenters. The smallest absolute Gasteiger partial charge is 0.263 e.